The highest BCUT2D eigenvalue weighted by molar-refractivity contribution is 8.00. The monoisotopic (exact) mass is 1760 g/mol. The van der Waals surface area contributed by atoms with E-state index in [4.69, 9.17) is 58.3 Å². The summed E-state index contributed by atoms with van der Waals surface area (Å²) in [5.74, 6) is -2.79. The van der Waals surface area contributed by atoms with E-state index in [0.29, 0.717) is 137 Å². The third-order valence-corrected chi connectivity index (χ3v) is 24.1. The van der Waals surface area contributed by atoms with Crippen LogP contribution in [0.3, 0.4) is 0 Å². The number of thioether (sulfide) groups is 1. The lowest BCUT2D eigenvalue weighted by Crippen LogP contribution is -2.55. The van der Waals surface area contributed by atoms with Crippen LogP contribution in [-0.4, -0.2) is 295 Å². The highest BCUT2D eigenvalue weighted by atomic mass is 32.2. The van der Waals surface area contributed by atoms with Crippen LogP contribution in [0.15, 0.2) is 66.9 Å². The molecule has 3 aromatic carbocycles. The summed E-state index contributed by atoms with van der Waals surface area (Å²) in [7, 11) is 3.37. The molecule has 0 radical (unpaired) electrons. The van der Waals surface area contributed by atoms with Crippen molar-refractivity contribution in [2.45, 2.75) is 166 Å². The summed E-state index contributed by atoms with van der Waals surface area (Å²) in [5, 5.41) is 13.0. The van der Waals surface area contributed by atoms with E-state index in [9.17, 15) is 62.3 Å². The van der Waals surface area contributed by atoms with Crippen LogP contribution in [-0.2, 0) is 101 Å². The third kappa shape index (κ3) is 28.7. The lowest BCUT2D eigenvalue weighted by molar-refractivity contribution is -0.140. The molecule has 4 aromatic rings. The largest absolute Gasteiger partial charge is 0.496 e. The first kappa shape index (κ1) is 97.1. The number of carbonyl (C=O) groups excluding carboxylic acids is 13. The number of urea groups is 1. The van der Waals surface area contributed by atoms with Crippen LogP contribution >= 0.6 is 11.8 Å². The number of piperidine rings is 2. The van der Waals surface area contributed by atoms with Gasteiger partial charge in [0, 0.05) is 117 Å². The van der Waals surface area contributed by atoms with Gasteiger partial charge < -0.3 is 89.2 Å². The Bertz CT molecular complexity index is 4360. The summed E-state index contributed by atoms with van der Waals surface area (Å²) in [6, 6.07) is 14.2. The normalized spacial score (nSPS) is 18.0. The van der Waals surface area contributed by atoms with E-state index in [2.05, 4.69) is 36.4 Å². The third-order valence-electron chi connectivity index (χ3n) is 23.1. The molecule has 12 amide bonds. The second-order valence-corrected chi connectivity index (χ2v) is 33.2. The number of primary amides is 1. The average molecular weight is 1760 g/mol. The summed E-state index contributed by atoms with van der Waals surface area (Å²) in [5.41, 5.74) is 9.32. The predicted molar refractivity (Wildman–Crippen MR) is 462 cm³/mol. The number of ether oxygens (including phenoxy) is 9. The van der Waals surface area contributed by atoms with Crippen molar-refractivity contribution in [3.63, 3.8) is 0 Å². The van der Waals surface area contributed by atoms with Crippen molar-refractivity contribution in [3.8, 4) is 5.75 Å². The molecule has 36 nitrogen and oxygen atoms in total. The molecular weight excluding hydrogens is 1640 g/mol. The number of likely N-dealkylation sites (tertiary alicyclic amines) is 2. The molecular formula is C88H122N14O22S. The zero-order valence-electron chi connectivity index (χ0n) is 72.6. The Morgan fingerprint density at radius 2 is 1.42 bits per heavy atom. The molecule has 1 saturated carbocycles. The maximum Gasteiger partial charge on any atom is 0.410 e. The highest BCUT2D eigenvalue weighted by Crippen LogP contribution is 2.41. The van der Waals surface area contributed by atoms with Crippen molar-refractivity contribution in [2.24, 2.45) is 23.5 Å². The number of nitrogens with one attached hydrogen (secondary N) is 5. The van der Waals surface area contributed by atoms with Gasteiger partial charge in [0.15, 0.2) is 17.4 Å². The number of nitrogens with zero attached hydrogens (tertiary/aromatic N) is 8. The molecule has 7 N–H and O–H groups in total. The number of hydrogen-bond acceptors (Lipinski definition) is 27. The van der Waals surface area contributed by atoms with Gasteiger partial charge in [-0.2, -0.15) is 11.8 Å². The first-order valence-electron chi connectivity index (χ1n) is 43.4. The quantitative estimate of drug-likeness (QED) is 0.0167. The lowest BCUT2D eigenvalue weighted by Gasteiger charge is -2.43. The van der Waals surface area contributed by atoms with Crippen LogP contribution in [0.25, 0.3) is 0 Å². The molecule has 4 fully saturated rings. The van der Waals surface area contributed by atoms with Gasteiger partial charge in [0.05, 0.1) is 124 Å². The van der Waals surface area contributed by atoms with Crippen LogP contribution in [0, 0.1) is 17.8 Å². The highest BCUT2D eigenvalue weighted by Gasteiger charge is 2.44. The lowest BCUT2D eigenvalue weighted by atomic mass is 9.89. The summed E-state index contributed by atoms with van der Waals surface area (Å²) in [6.45, 7) is 11.0. The number of Topliss-reactive ketones (excluding diaryl/α,β-unsaturated/α-hetero) is 2. The van der Waals surface area contributed by atoms with Gasteiger partial charge >= 0.3 is 12.1 Å². The maximum atomic E-state index is 14.2. The van der Waals surface area contributed by atoms with Crippen molar-refractivity contribution >= 4 is 111 Å². The van der Waals surface area contributed by atoms with Gasteiger partial charge in [-0.1, -0.05) is 63.9 Å². The molecule has 6 aliphatic rings. The molecule has 682 valence electrons. The number of hydrogen-bond donors (Lipinski definition) is 6. The molecule has 37 heteroatoms. The second-order valence-electron chi connectivity index (χ2n) is 32.2. The Hall–Kier alpha value is -10.1. The van der Waals surface area contributed by atoms with E-state index in [-0.39, 0.29) is 168 Å². The van der Waals surface area contributed by atoms with Gasteiger partial charge in [-0.05, 0) is 118 Å². The minimum atomic E-state index is -0.937. The van der Waals surface area contributed by atoms with E-state index in [0.717, 1.165) is 63.0 Å². The van der Waals surface area contributed by atoms with E-state index in [1.54, 1.807) is 87.6 Å². The molecule has 125 heavy (non-hydrogen) atoms. The van der Waals surface area contributed by atoms with Crippen molar-refractivity contribution in [3.05, 3.63) is 101 Å². The first-order chi connectivity index (χ1) is 60.4. The Morgan fingerprint density at radius 3 is 2.06 bits per heavy atom. The number of rotatable bonds is 53. The Morgan fingerprint density at radius 1 is 0.752 bits per heavy atom. The van der Waals surface area contributed by atoms with Crippen LogP contribution < -0.4 is 46.9 Å². The van der Waals surface area contributed by atoms with Crippen LogP contribution in [0.5, 0.6) is 5.75 Å². The Balaban J connectivity index is 0.650. The number of aromatic nitrogens is 2. The molecule has 5 aliphatic heterocycles. The fraction of sp³-hybridized carbons (Fsp3) is 0.602. The topological polar surface area (TPSA) is 436 Å². The van der Waals surface area contributed by atoms with Crippen molar-refractivity contribution in [1.82, 2.24) is 45.5 Å². The first-order valence-corrected chi connectivity index (χ1v) is 44.7. The van der Waals surface area contributed by atoms with Crippen LogP contribution in [0.1, 0.15) is 160 Å². The summed E-state index contributed by atoms with van der Waals surface area (Å²) in [6.07, 6.45) is 10.5. The number of amides is 12. The van der Waals surface area contributed by atoms with E-state index >= 15 is 0 Å². The average Bonchev–Trinajstić information content (AvgIpc) is 1.76. The number of nitrogens with two attached hydrogens (primary N) is 1. The molecule has 10 rings (SSSR count). The van der Waals surface area contributed by atoms with E-state index in [1.807, 2.05) is 25.3 Å². The van der Waals surface area contributed by atoms with Crippen LogP contribution in [0.2, 0.25) is 0 Å². The number of methoxy groups -OCH3 is 1. The SMILES string of the molecule is CC[C@@H]1C(=O)N(C)c2cnc(Cc3ccc(C(=O)CC4CCN(CCOCCN(CC(=O)Nc5cccc6c5CN(C5CCC(=O)NC5=O)C6=O)C(=O)OCc5ccc(NC(=O)[C@H](CCCNC(N)=O)CC(=O)[C@@H](NC(=O)CCOCCOCCOCCOCCOCCOCCN6C(=O)CC(SC)C6=O)C(C)C)cc5)CC4)cc3OC)nc2N1C1CCCC1. The van der Waals surface area contributed by atoms with Gasteiger partial charge in [0.2, 0.25) is 47.3 Å². The minimum absolute atomic E-state index is 0.0105. The van der Waals surface area contributed by atoms with Crippen molar-refractivity contribution in [2.75, 3.05) is 179 Å². The standard InChI is InChI=1S/C88H122N14O22S/c1-7-68-85(112)97(4)70-53-91-75(94-81(70)102(68)64-13-8-9-14-64)51-61-20-19-60(50-73(61)116-5)71(103)48-58-25-29-98(30-26-58)31-35-118-36-32-99(55-78(107)93-67-16-10-15-65-66(67)54-101(84(65)111)69-23-24-76(105)96-83(69)110)88(115)124-56-59-17-21-63(22-18-59)92-82(109)62(12-11-28-90-87(89)114)49-72(104)80(57(2)3)95-77(106)27-34-117-38-40-120-42-44-122-46-47-123-45-43-121-41-39-119-37-33-100-79(108)52-74(125-6)86(100)113/h10,15-22,50,53,57-58,62,64,68-69,74,80H,7-9,11-14,23-49,51-52,54-56H2,1-6H3,(H,92,109)(H,93,107)(H,95,106)(H3,89,90,114)(H,96,105,110)/t62-,68-,69?,74?,80+/m1/s1. The van der Waals surface area contributed by atoms with Gasteiger partial charge in [0.1, 0.15) is 42.5 Å². The fourth-order valence-electron chi connectivity index (χ4n) is 16.2. The fourth-order valence-corrected chi connectivity index (χ4v) is 16.8. The van der Waals surface area contributed by atoms with Gasteiger partial charge in [-0.3, -0.25) is 67.9 Å². The number of likely N-dealkylation sites (N-methyl/N-ethyl adjacent to an activating group) is 1. The summed E-state index contributed by atoms with van der Waals surface area (Å²) < 4.78 is 51.0. The number of imide groups is 2. The number of carbonyl (C=O) groups is 13. The van der Waals surface area contributed by atoms with E-state index < -0.39 is 72.1 Å². The molecule has 3 saturated heterocycles. The smallest absolute Gasteiger partial charge is 0.410 e. The molecule has 1 aliphatic carbocycles. The van der Waals surface area contributed by atoms with Gasteiger partial charge in [0.25, 0.3) is 5.91 Å². The van der Waals surface area contributed by atoms with Gasteiger partial charge in [-0.25, -0.2) is 19.6 Å². The number of benzene rings is 3. The molecule has 2 unspecified atom stereocenters. The van der Waals surface area contributed by atoms with Crippen molar-refractivity contribution < 1.29 is 105 Å². The zero-order chi connectivity index (χ0) is 89.3. The van der Waals surface area contributed by atoms with Gasteiger partial charge in [-0.15, -0.1) is 0 Å². The second kappa shape index (κ2) is 49.7. The molecule has 0 bridgehead atoms. The number of fused-ring (bicyclic) bond motifs is 2. The molecule has 1 aromatic heterocycles. The molecule has 5 atom stereocenters. The summed E-state index contributed by atoms with van der Waals surface area (Å²) in [4.78, 5) is 191. The molecule has 0 spiro atoms. The van der Waals surface area contributed by atoms with Crippen molar-refractivity contribution in [1.29, 1.82) is 0 Å². The maximum absolute atomic E-state index is 14.2. The zero-order valence-corrected chi connectivity index (χ0v) is 73.4. The minimum Gasteiger partial charge on any atom is -0.496 e. The number of anilines is 4. The number of ketones is 2. The predicted octanol–water partition coefficient (Wildman–Crippen LogP) is 6.00. The van der Waals surface area contributed by atoms with E-state index in [1.165, 1.54) is 26.5 Å². The van der Waals surface area contributed by atoms with Crippen LogP contribution in [0.4, 0.5) is 32.5 Å². The Labute approximate surface area is 733 Å². The molecule has 6 heterocycles. The Kier molecular flexibility index (Phi) is 38.6. The summed E-state index contributed by atoms with van der Waals surface area (Å²) >= 11 is 1.37.